The van der Waals surface area contributed by atoms with Gasteiger partial charge >= 0.3 is 0 Å². The van der Waals surface area contributed by atoms with Crippen molar-refractivity contribution >= 4 is 45.5 Å². The Bertz CT molecular complexity index is 1310. The quantitative estimate of drug-likeness (QED) is 0.357. The number of fused-ring (bicyclic) bond motifs is 2. The van der Waals surface area contributed by atoms with Crippen molar-refractivity contribution in [1.82, 2.24) is 9.97 Å². The van der Waals surface area contributed by atoms with Crippen LogP contribution >= 0.6 is 0 Å². The lowest BCUT2D eigenvalue weighted by molar-refractivity contribution is -0.383. The van der Waals surface area contributed by atoms with E-state index in [9.17, 15) is 10.1 Å². The van der Waals surface area contributed by atoms with E-state index in [1.807, 2.05) is 54.6 Å². The molecule has 31 heavy (non-hydrogen) atoms. The Morgan fingerprint density at radius 1 is 0.935 bits per heavy atom. The van der Waals surface area contributed by atoms with Crippen molar-refractivity contribution < 1.29 is 9.66 Å². The Kier molecular flexibility index (Phi) is 5.01. The molecule has 1 saturated heterocycles. The van der Waals surface area contributed by atoms with Crippen molar-refractivity contribution in [1.29, 1.82) is 0 Å². The molecule has 0 aliphatic carbocycles. The molecule has 5 rings (SSSR count). The normalized spacial score (nSPS) is 14.5. The summed E-state index contributed by atoms with van der Waals surface area (Å²) in [5.41, 5.74) is 2.97. The molecule has 1 aliphatic rings. The SMILES string of the molecule is O=[N+]([O-])c1cccc2ccc(/C=C/c3cc4ccccc4nc3N3CCOCC3)nc12. The van der Waals surface area contributed by atoms with Crippen LogP contribution < -0.4 is 4.90 Å². The third-order valence-electron chi connectivity index (χ3n) is 5.39. The van der Waals surface area contributed by atoms with E-state index in [1.165, 1.54) is 6.07 Å². The molecule has 154 valence electrons. The van der Waals surface area contributed by atoms with Gasteiger partial charge < -0.3 is 9.64 Å². The largest absolute Gasteiger partial charge is 0.378 e. The maximum Gasteiger partial charge on any atom is 0.295 e. The lowest BCUT2D eigenvalue weighted by Gasteiger charge is -2.29. The van der Waals surface area contributed by atoms with Gasteiger partial charge in [-0.05, 0) is 30.4 Å². The summed E-state index contributed by atoms with van der Waals surface area (Å²) in [4.78, 5) is 22.6. The second kappa shape index (κ2) is 8.12. The number of nitro groups is 1. The third-order valence-corrected chi connectivity index (χ3v) is 5.39. The average Bonchev–Trinajstić information content (AvgIpc) is 2.82. The molecule has 4 aromatic rings. The van der Waals surface area contributed by atoms with Crippen LogP contribution in [0.25, 0.3) is 34.0 Å². The number of anilines is 1. The Hall–Kier alpha value is -3.84. The Balaban J connectivity index is 1.57. The maximum atomic E-state index is 11.4. The summed E-state index contributed by atoms with van der Waals surface area (Å²) in [5, 5.41) is 13.2. The standard InChI is InChI=1S/C24H20N4O3/c29-28(30)22-7-3-5-17-8-10-20(25-23(17)22)11-9-19-16-18-4-1-2-6-21(18)26-24(19)27-12-14-31-15-13-27/h1-11,16H,12-15H2/b11-9+. The number of hydrogen-bond acceptors (Lipinski definition) is 6. The van der Waals surface area contributed by atoms with Gasteiger partial charge in [0, 0.05) is 35.5 Å². The highest BCUT2D eigenvalue weighted by molar-refractivity contribution is 5.90. The minimum absolute atomic E-state index is 0.00845. The number of hydrogen-bond donors (Lipinski definition) is 0. The minimum Gasteiger partial charge on any atom is -0.378 e. The number of nitrogens with zero attached hydrogens (tertiary/aromatic N) is 4. The topological polar surface area (TPSA) is 81.4 Å². The molecule has 0 amide bonds. The number of nitro benzene ring substituents is 1. The van der Waals surface area contributed by atoms with E-state index in [2.05, 4.69) is 16.0 Å². The number of rotatable bonds is 4. The molecule has 0 bridgehead atoms. The molecule has 1 aliphatic heterocycles. The summed E-state index contributed by atoms with van der Waals surface area (Å²) in [6.45, 7) is 2.92. The fourth-order valence-corrected chi connectivity index (χ4v) is 3.84. The fraction of sp³-hybridized carbons (Fsp3) is 0.167. The average molecular weight is 412 g/mol. The molecule has 7 nitrogen and oxygen atoms in total. The Labute approximate surface area is 178 Å². The predicted molar refractivity (Wildman–Crippen MR) is 122 cm³/mol. The molecule has 0 N–H and O–H groups in total. The fourth-order valence-electron chi connectivity index (χ4n) is 3.84. The van der Waals surface area contributed by atoms with Crippen molar-refractivity contribution in [3.05, 3.63) is 82.0 Å². The van der Waals surface area contributed by atoms with Crippen LogP contribution in [0, 0.1) is 10.1 Å². The van der Waals surface area contributed by atoms with Crippen LogP contribution in [0.1, 0.15) is 11.3 Å². The van der Waals surface area contributed by atoms with Crippen molar-refractivity contribution in [3.63, 3.8) is 0 Å². The Morgan fingerprint density at radius 2 is 1.74 bits per heavy atom. The summed E-state index contributed by atoms with van der Waals surface area (Å²) < 4.78 is 5.50. The zero-order valence-electron chi connectivity index (χ0n) is 16.8. The first-order valence-electron chi connectivity index (χ1n) is 10.1. The minimum atomic E-state index is -0.396. The van der Waals surface area contributed by atoms with E-state index in [0.29, 0.717) is 24.4 Å². The number of pyridine rings is 2. The lowest BCUT2D eigenvalue weighted by Crippen LogP contribution is -2.37. The van der Waals surface area contributed by atoms with Crippen molar-refractivity contribution in [2.24, 2.45) is 0 Å². The van der Waals surface area contributed by atoms with Crippen molar-refractivity contribution in [2.75, 3.05) is 31.2 Å². The highest BCUT2D eigenvalue weighted by Gasteiger charge is 2.17. The van der Waals surface area contributed by atoms with Gasteiger partial charge in [-0.3, -0.25) is 10.1 Å². The molecule has 0 atom stereocenters. The van der Waals surface area contributed by atoms with Gasteiger partial charge in [-0.2, -0.15) is 0 Å². The van der Waals surface area contributed by atoms with Crippen LogP contribution in [0.3, 0.4) is 0 Å². The van der Waals surface area contributed by atoms with E-state index >= 15 is 0 Å². The Morgan fingerprint density at radius 3 is 2.58 bits per heavy atom. The first kappa shape index (κ1) is 19.1. The van der Waals surface area contributed by atoms with Gasteiger partial charge in [0.15, 0.2) is 0 Å². The highest BCUT2D eigenvalue weighted by atomic mass is 16.6. The number of morpholine rings is 1. The van der Waals surface area contributed by atoms with Crippen LogP contribution in [0.15, 0.2) is 60.7 Å². The molecule has 2 aromatic heterocycles. The zero-order valence-corrected chi connectivity index (χ0v) is 16.8. The predicted octanol–water partition coefficient (Wildman–Crippen LogP) is 4.70. The first-order chi connectivity index (χ1) is 15.2. The third kappa shape index (κ3) is 3.83. The van der Waals surface area contributed by atoms with E-state index in [-0.39, 0.29) is 5.69 Å². The first-order valence-corrected chi connectivity index (χ1v) is 10.1. The molecule has 7 heteroatoms. The summed E-state index contributed by atoms with van der Waals surface area (Å²) in [5.74, 6) is 0.907. The summed E-state index contributed by atoms with van der Waals surface area (Å²) in [6.07, 6.45) is 3.86. The zero-order chi connectivity index (χ0) is 21.2. The van der Waals surface area contributed by atoms with Crippen molar-refractivity contribution in [3.8, 4) is 0 Å². The second-order valence-electron chi connectivity index (χ2n) is 7.37. The molecule has 2 aromatic carbocycles. The van der Waals surface area contributed by atoms with E-state index in [0.717, 1.165) is 40.8 Å². The van der Waals surface area contributed by atoms with Gasteiger partial charge in [-0.25, -0.2) is 9.97 Å². The molecular weight excluding hydrogens is 392 g/mol. The van der Waals surface area contributed by atoms with E-state index in [4.69, 9.17) is 9.72 Å². The monoisotopic (exact) mass is 412 g/mol. The van der Waals surface area contributed by atoms with Gasteiger partial charge in [0.05, 0.1) is 29.3 Å². The number of para-hydroxylation sites is 2. The molecule has 0 unspecified atom stereocenters. The number of non-ortho nitro benzene ring substituents is 1. The lowest BCUT2D eigenvalue weighted by atomic mass is 10.1. The highest BCUT2D eigenvalue weighted by Crippen LogP contribution is 2.27. The molecular formula is C24H20N4O3. The van der Waals surface area contributed by atoms with Crippen LogP contribution in [0.4, 0.5) is 11.5 Å². The molecule has 0 saturated carbocycles. The summed E-state index contributed by atoms with van der Waals surface area (Å²) in [7, 11) is 0. The van der Waals surface area contributed by atoms with Crippen LogP contribution in [-0.2, 0) is 4.74 Å². The van der Waals surface area contributed by atoms with Gasteiger partial charge in [0.25, 0.3) is 5.69 Å². The van der Waals surface area contributed by atoms with Gasteiger partial charge in [0.1, 0.15) is 11.3 Å². The molecule has 0 spiro atoms. The van der Waals surface area contributed by atoms with Crippen LogP contribution in [0.5, 0.6) is 0 Å². The van der Waals surface area contributed by atoms with E-state index in [1.54, 1.807) is 6.07 Å². The maximum absolute atomic E-state index is 11.4. The van der Waals surface area contributed by atoms with Crippen molar-refractivity contribution in [2.45, 2.75) is 0 Å². The van der Waals surface area contributed by atoms with E-state index < -0.39 is 4.92 Å². The number of aromatic nitrogens is 2. The molecule has 1 fully saturated rings. The number of benzene rings is 2. The van der Waals surface area contributed by atoms with Gasteiger partial charge in [-0.1, -0.05) is 36.4 Å². The summed E-state index contributed by atoms with van der Waals surface area (Å²) >= 11 is 0. The number of ether oxygens (including phenoxy) is 1. The molecule has 3 heterocycles. The van der Waals surface area contributed by atoms with Crippen LogP contribution in [0.2, 0.25) is 0 Å². The van der Waals surface area contributed by atoms with Gasteiger partial charge in [-0.15, -0.1) is 0 Å². The smallest absolute Gasteiger partial charge is 0.295 e. The van der Waals surface area contributed by atoms with Gasteiger partial charge in [0.2, 0.25) is 0 Å². The summed E-state index contributed by atoms with van der Waals surface area (Å²) in [6, 6.07) is 18.9. The second-order valence-corrected chi connectivity index (χ2v) is 7.37. The van der Waals surface area contributed by atoms with Crippen LogP contribution in [-0.4, -0.2) is 41.2 Å². The molecule has 0 radical (unpaired) electrons.